The highest BCUT2D eigenvalue weighted by molar-refractivity contribution is 7.92. The molecule has 1 aromatic rings. The van der Waals surface area contributed by atoms with Crippen molar-refractivity contribution in [3.05, 3.63) is 29.3 Å². The Bertz CT molecular complexity index is 779. The number of sulfonamides is 1. The average molecular weight is 470 g/mol. The number of Topliss-reactive ketones (excluding diaryl/α,β-unsaturated/α-hetero) is 1. The van der Waals surface area contributed by atoms with Crippen LogP contribution in [0.1, 0.15) is 113 Å². The van der Waals surface area contributed by atoms with Crippen LogP contribution in [0.5, 0.6) is 0 Å². The van der Waals surface area contributed by atoms with Gasteiger partial charge >= 0.3 is 0 Å². The molecule has 0 saturated carbocycles. The molecule has 1 aliphatic rings. The van der Waals surface area contributed by atoms with Gasteiger partial charge < -0.3 is 0 Å². The fraction of sp³-hybridized carbons (Fsp3) is 0.720. The van der Waals surface area contributed by atoms with Crippen molar-refractivity contribution in [3.8, 4) is 0 Å². The van der Waals surface area contributed by atoms with Crippen molar-refractivity contribution >= 4 is 33.1 Å². The molecule has 2 rings (SSSR count). The van der Waals surface area contributed by atoms with Gasteiger partial charge in [0.15, 0.2) is 5.78 Å². The molecule has 6 heteroatoms. The molecule has 1 unspecified atom stereocenters. The van der Waals surface area contributed by atoms with Crippen LogP contribution in [0.15, 0.2) is 18.2 Å². The molecule has 1 aliphatic carbocycles. The maximum Gasteiger partial charge on any atom is 0.232 e. The van der Waals surface area contributed by atoms with Crippen molar-refractivity contribution in [2.45, 2.75) is 109 Å². The molecule has 0 saturated heterocycles. The number of benzene rings is 1. The van der Waals surface area contributed by atoms with Crippen molar-refractivity contribution in [2.24, 2.45) is 0 Å². The first-order valence-corrected chi connectivity index (χ1v) is 14.3. The first-order valence-electron chi connectivity index (χ1n) is 12.2. The summed E-state index contributed by atoms with van der Waals surface area (Å²) >= 11 is 6.00. The van der Waals surface area contributed by atoms with E-state index in [1.165, 1.54) is 70.6 Å². The number of rotatable bonds is 17. The van der Waals surface area contributed by atoms with Gasteiger partial charge in [0.1, 0.15) is 5.38 Å². The summed E-state index contributed by atoms with van der Waals surface area (Å²) in [6.45, 7) is 2.26. The Morgan fingerprint density at radius 2 is 1.39 bits per heavy atom. The molecule has 0 spiro atoms. The zero-order valence-electron chi connectivity index (χ0n) is 19.1. The van der Waals surface area contributed by atoms with Crippen LogP contribution in [0.25, 0.3) is 0 Å². The quantitative estimate of drug-likeness (QED) is 0.193. The lowest BCUT2D eigenvalue weighted by Crippen LogP contribution is -2.17. The number of fused-ring (bicyclic) bond motifs is 1. The Hall–Kier alpha value is -1.07. The van der Waals surface area contributed by atoms with Crippen LogP contribution in [-0.2, 0) is 16.4 Å². The summed E-state index contributed by atoms with van der Waals surface area (Å²) in [6.07, 6.45) is 17.9. The predicted molar refractivity (Wildman–Crippen MR) is 132 cm³/mol. The van der Waals surface area contributed by atoms with Gasteiger partial charge in [0, 0.05) is 11.3 Å². The van der Waals surface area contributed by atoms with Crippen molar-refractivity contribution in [2.75, 3.05) is 10.5 Å². The highest BCUT2D eigenvalue weighted by Crippen LogP contribution is 2.28. The lowest BCUT2D eigenvalue weighted by Gasteiger charge is -2.09. The Labute approximate surface area is 194 Å². The van der Waals surface area contributed by atoms with Gasteiger partial charge in [0.05, 0.1) is 5.75 Å². The summed E-state index contributed by atoms with van der Waals surface area (Å²) in [5, 5.41) is -0.530. The molecule has 176 valence electrons. The minimum atomic E-state index is -3.39. The Kier molecular flexibility index (Phi) is 12.0. The standard InChI is InChI=1S/C25H40ClNO3S/c1-2-3-4-5-6-7-8-9-10-11-12-13-14-15-18-31(29,30)27-22-17-16-21-19-24(26)25(28)23(21)20-22/h16-17,20,24,27H,2-15,18-19H2,1H3. The van der Waals surface area contributed by atoms with Gasteiger partial charge in [-0.2, -0.15) is 0 Å². The molecule has 1 aromatic carbocycles. The zero-order chi connectivity index (χ0) is 22.5. The van der Waals surface area contributed by atoms with Crippen molar-refractivity contribution in [1.29, 1.82) is 0 Å². The van der Waals surface area contributed by atoms with E-state index < -0.39 is 15.4 Å². The first-order chi connectivity index (χ1) is 14.9. The molecule has 4 nitrogen and oxygen atoms in total. The van der Waals surface area contributed by atoms with Crippen LogP contribution in [0, 0.1) is 0 Å². The largest absolute Gasteiger partial charge is 0.292 e. The van der Waals surface area contributed by atoms with Crippen LogP contribution in [0.3, 0.4) is 0 Å². The topological polar surface area (TPSA) is 63.2 Å². The highest BCUT2D eigenvalue weighted by atomic mass is 35.5. The molecule has 1 N–H and O–H groups in total. The second-order valence-electron chi connectivity index (χ2n) is 8.92. The normalized spacial score (nSPS) is 15.9. The molecule has 31 heavy (non-hydrogen) atoms. The van der Waals surface area contributed by atoms with E-state index >= 15 is 0 Å². The van der Waals surface area contributed by atoms with E-state index in [0.717, 1.165) is 18.4 Å². The number of hydrogen-bond acceptors (Lipinski definition) is 3. The second-order valence-corrected chi connectivity index (χ2v) is 11.3. The Balaban J connectivity index is 1.50. The van der Waals surface area contributed by atoms with Gasteiger partial charge in [0.25, 0.3) is 0 Å². The van der Waals surface area contributed by atoms with E-state index in [9.17, 15) is 13.2 Å². The van der Waals surface area contributed by atoms with Gasteiger partial charge in [-0.25, -0.2) is 8.42 Å². The molecule has 1 atom stereocenters. The number of halogens is 1. The van der Waals surface area contributed by atoms with Gasteiger partial charge in [-0.05, 0) is 30.5 Å². The number of nitrogens with one attached hydrogen (secondary N) is 1. The minimum absolute atomic E-state index is 0.119. The van der Waals surface area contributed by atoms with Crippen molar-refractivity contribution in [1.82, 2.24) is 0 Å². The zero-order valence-corrected chi connectivity index (χ0v) is 20.7. The molecule has 0 bridgehead atoms. The molecule has 0 aromatic heterocycles. The first kappa shape index (κ1) is 26.2. The van der Waals surface area contributed by atoms with Crippen molar-refractivity contribution in [3.63, 3.8) is 0 Å². The average Bonchev–Trinajstić information content (AvgIpc) is 3.01. The number of unbranched alkanes of at least 4 members (excludes halogenated alkanes) is 13. The van der Waals surface area contributed by atoms with Gasteiger partial charge in [0.2, 0.25) is 10.0 Å². The third kappa shape index (κ3) is 9.95. The smallest absolute Gasteiger partial charge is 0.232 e. The van der Waals surface area contributed by atoms with Gasteiger partial charge in [-0.1, -0.05) is 96.5 Å². The fourth-order valence-corrected chi connectivity index (χ4v) is 5.68. The number of alkyl halides is 1. The number of carbonyl (C=O) groups is 1. The Morgan fingerprint density at radius 1 is 0.871 bits per heavy atom. The number of anilines is 1. The van der Waals surface area contributed by atoms with E-state index in [4.69, 9.17) is 11.6 Å². The molecule has 0 aliphatic heterocycles. The van der Waals surface area contributed by atoms with Gasteiger partial charge in [-0.3, -0.25) is 9.52 Å². The van der Waals surface area contributed by atoms with Crippen LogP contribution in [-0.4, -0.2) is 25.3 Å². The fourth-order valence-electron chi connectivity index (χ4n) is 4.22. The summed E-state index contributed by atoms with van der Waals surface area (Å²) < 4.78 is 27.3. The third-order valence-electron chi connectivity index (χ3n) is 6.10. The molecule has 0 radical (unpaired) electrons. The lowest BCUT2D eigenvalue weighted by molar-refractivity contribution is 0.0998. The van der Waals surface area contributed by atoms with Crippen LogP contribution >= 0.6 is 11.6 Å². The highest BCUT2D eigenvalue weighted by Gasteiger charge is 2.29. The molecule has 0 amide bonds. The number of hydrogen-bond donors (Lipinski definition) is 1. The minimum Gasteiger partial charge on any atom is -0.292 e. The van der Waals surface area contributed by atoms with Crippen molar-refractivity contribution < 1.29 is 13.2 Å². The molecule has 0 fully saturated rings. The van der Waals surface area contributed by atoms with Crippen LogP contribution in [0.2, 0.25) is 0 Å². The second kappa shape index (κ2) is 14.2. The monoisotopic (exact) mass is 469 g/mol. The summed E-state index contributed by atoms with van der Waals surface area (Å²) in [5.41, 5.74) is 1.87. The molecular formula is C25H40ClNO3S. The number of ketones is 1. The van der Waals surface area contributed by atoms with Gasteiger partial charge in [-0.15, -0.1) is 11.6 Å². The summed E-state index contributed by atoms with van der Waals surface area (Å²) in [6, 6.07) is 5.12. The SMILES string of the molecule is CCCCCCCCCCCCCCCCS(=O)(=O)Nc1ccc2c(c1)C(=O)C(Cl)C2. The summed E-state index contributed by atoms with van der Waals surface area (Å²) in [7, 11) is -3.39. The Morgan fingerprint density at radius 3 is 1.94 bits per heavy atom. The number of carbonyl (C=O) groups excluding carboxylic acids is 1. The molecule has 0 heterocycles. The van der Waals surface area contributed by atoms with E-state index in [-0.39, 0.29) is 11.5 Å². The van der Waals surface area contributed by atoms with Crippen LogP contribution < -0.4 is 4.72 Å². The van der Waals surface area contributed by atoms with E-state index in [0.29, 0.717) is 24.1 Å². The van der Waals surface area contributed by atoms with E-state index in [2.05, 4.69) is 11.6 Å². The maximum absolute atomic E-state index is 12.3. The van der Waals surface area contributed by atoms with E-state index in [1.807, 2.05) is 0 Å². The predicted octanol–water partition coefficient (Wildman–Crippen LogP) is 7.26. The molecular weight excluding hydrogens is 430 g/mol. The summed E-state index contributed by atoms with van der Waals surface area (Å²) in [4.78, 5) is 12.0. The third-order valence-corrected chi connectivity index (χ3v) is 7.82. The van der Waals surface area contributed by atoms with Crippen LogP contribution in [0.4, 0.5) is 5.69 Å². The maximum atomic E-state index is 12.3. The lowest BCUT2D eigenvalue weighted by atomic mass is 10.0. The van der Waals surface area contributed by atoms with E-state index in [1.54, 1.807) is 18.2 Å². The summed E-state index contributed by atoms with van der Waals surface area (Å²) in [5.74, 6) is -0.00142.